The molecule has 66 valence electrons. The molecule has 0 radical (unpaired) electrons. The highest BCUT2D eigenvalue weighted by Gasteiger charge is 2.32. The summed E-state index contributed by atoms with van der Waals surface area (Å²) in [5, 5.41) is 0. The Labute approximate surface area is 67.8 Å². The maximum Gasteiger partial charge on any atom is 0.0733 e. The summed E-state index contributed by atoms with van der Waals surface area (Å²) < 4.78 is 5.29. The van der Waals surface area contributed by atoms with Gasteiger partial charge in [-0.15, -0.1) is 0 Å². The van der Waals surface area contributed by atoms with Crippen LogP contribution >= 0.6 is 0 Å². The first-order chi connectivity index (χ1) is 5.17. The zero-order chi connectivity index (χ0) is 8.32. The van der Waals surface area contributed by atoms with Gasteiger partial charge >= 0.3 is 0 Å². The molecule has 1 fully saturated rings. The highest BCUT2D eigenvalue weighted by atomic mass is 16.6. The average Bonchev–Trinajstić information content (AvgIpc) is 2.37. The molecule has 2 N–H and O–H groups in total. The Morgan fingerprint density at radius 3 is 2.82 bits per heavy atom. The fourth-order valence-electron chi connectivity index (χ4n) is 1.48. The van der Waals surface area contributed by atoms with Gasteiger partial charge in [-0.2, -0.15) is 0 Å². The van der Waals surface area contributed by atoms with E-state index in [9.17, 15) is 0 Å². The van der Waals surface area contributed by atoms with E-state index >= 15 is 0 Å². The minimum Gasteiger partial charge on any atom is -0.381 e. The standard InChI is InChI=1S/C8H17NO2/c1-8(2,6-11-9)7-3-4-10-5-7/h7H,3-6,9H2,1-2H3. The van der Waals surface area contributed by atoms with Crippen molar-refractivity contribution in [1.29, 1.82) is 0 Å². The first-order valence-corrected chi connectivity index (χ1v) is 4.06. The van der Waals surface area contributed by atoms with Crippen LogP contribution in [0.15, 0.2) is 0 Å². The van der Waals surface area contributed by atoms with Crippen LogP contribution in [-0.4, -0.2) is 19.8 Å². The lowest BCUT2D eigenvalue weighted by Crippen LogP contribution is -2.30. The van der Waals surface area contributed by atoms with Gasteiger partial charge in [-0.25, -0.2) is 5.90 Å². The van der Waals surface area contributed by atoms with Crippen LogP contribution < -0.4 is 5.90 Å². The number of ether oxygens (including phenoxy) is 1. The van der Waals surface area contributed by atoms with Crippen LogP contribution in [0, 0.1) is 11.3 Å². The third-order valence-electron chi connectivity index (χ3n) is 2.49. The van der Waals surface area contributed by atoms with E-state index in [1.807, 2.05) is 0 Å². The molecule has 1 aliphatic heterocycles. The molecule has 1 atom stereocenters. The SMILES string of the molecule is CC(C)(CON)C1CCOC1. The van der Waals surface area contributed by atoms with Crippen LogP contribution in [0.4, 0.5) is 0 Å². The molecule has 0 aromatic rings. The molecule has 1 rings (SSSR count). The van der Waals surface area contributed by atoms with Crippen LogP contribution in [0.1, 0.15) is 20.3 Å². The summed E-state index contributed by atoms with van der Waals surface area (Å²) in [6.07, 6.45) is 1.14. The minimum absolute atomic E-state index is 0.158. The van der Waals surface area contributed by atoms with Crippen molar-refractivity contribution in [3.8, 4) is 0 Å². The zero-order valence-corrected chi connectivity index (χ0v) is 7.30. The van der Waals surface area contributed by atoms with E-state index in [1.165, 1.54) is 0 Å². The predicted molar refractivity (Wildman–Crippen MR) is 42.8 cm³/mol. The molecule has 0 spiro atoms. The van der Waals surface area contributed by atoms with Crippen LogP contribution in [0.5, 0.6) is 0 Å². The van der Waals surface area contributed by atoms with Crippen molar-refractivity contribution in [3.63, 3.8) is 0 Å². The highest BCUT2D eigenvalue weighted by molar-refractivity contribution is 4.80. The lowest BCUT2D eigenvalue weighted by Gasteiger charge is -2.28. The first-order valence-electron chi connectivity index (χ1n) is 4.06. The molecular weight excluding hydrogens is 142 g/mol. The predicted octanol–water partition coefficient (Wildman–Crippen LogP) is 0.939. The first kappa shape index (κ1) is 8.97. The van der Waals surface area contributed by atoms with Gasteiger partial charge in [-0.05, 0) is 17.8 Å². The van der Waals surface area contributed by atoms with Crippen molar-refractivity contribution in [3.05, 3.63) is 0 Å². The van der Waals surface area contributed by atoms with Gasteiger partial charge in [0.25, 0.3) is 0 Å². The summed E-state index contributed by atoms with van der Waals surface area (Å²) in [5.74, 6) is 5.64. The third kappa shape index (κ3) is 2.15. The van der Waals surface area contributed by atoms with E-state index in [4.69, 9.17) is 10.6 Å². The van der Waals surface area contributed by atoms with E-state index in [0.29, 0.717) is 12.5 Å². The molecule has 1 heterocycles. The van der Waals surface area contributed by atoms with Crippen molar-refractivity contribution in [1.82, 2.24) is 0 Å². The number of nitrogens with two attached hydrogens (primary N) is 1. The van der Waals surface area contributed by atoms with Gasteiger partial charge in [-0.3, -0.25) is 0 Å². The molecule has 1 aliphatic rings. The largest absolute Gasteiger partial charge is 0.381 e. The average molecular weight is 159 g/mol. The maximum absolute atomic E-state index is 5.29. The molecule has 0 aromatic heterocycles. The number of hydrogen-bond acceptors (Lipinski definition) is 3. The molecule has 0 aliphatic carbocycles. The van der Waals surface area contributed by atoms with Crippen LogP contribution in [0.2, 0.25) is 0 Å². The molecule has 0 saturated carbocycles. The van der Waals surface area contributed by atoms with Crippen molar-refractivity contribution in [2.45, 2.75) is 20.3 Å². The molecule has 3 nitrogen and oxygen atoms in total. The second-order valence-corrected chi connectivity index (χ2v) is 3.86. The fraction of sp³-hybridized carbons (Fsp3) is 1.00. The van der Waals surface area contributed by atoms with E-state index in [-0.39, 0.29) is 5.41 Å². The van der Waals surface area contributed by atoms with Gasteiger partial charge in [0.15, 0.2) is 0 Å². The number of hydrogen-bond donors (Lipinski definition) is 1. The lowest BCUT2D eigenvalue weighted by molar-refractivity contribution is 0.0238. The van der Waals surface area contributed by atoms with Gasteiger partial charge in [0.1, 0.15) is 0 Å². The number of rotatable bonds is 3. The van der Waals surface area contributed by atoms with E-state index in [2.05, 4.69) is 18.7 Å². The Hall–Kier alpha value is -0.120. The molecule has 0 aromatic carbocycles. The molecule has 0 amide bonds. The second kappa shape index (κ2) is 3.52. The highest BCUT2D eigenvalue weighted by Crippen LogP contribution is 2.32. The Morgan fingerprint density at radius 1 is 1.64 bits per heavy atom. The Morgan fingerprint density at radius 2 is 2.36 bits per heavy atom. The van der Waals surface area contributed by atoms with Gasteiger partial charge in [0, 0.05) is 6.61 Å². The Kier molecular flexibility index (Phi) is 2.87. The van der Waals surface area contributed by atoms with Crippen LogP contribution in [0.3, 0.4) is 0 Å². The quantitative estimate of drug-likeness (QED) is 0.623. The summed E-state index contributed by atoms with van der Waals surface area (Å²) in [6, 6.07) is 0. The van der Waals surface area contributed by atoms with Crippen molar-refractivity contribution in [2.75, 3.05) is 19.8 Å². The van der Waals surface area contributed by atoms with Crippen molar-refractivity contribution >= 4 is 0 Å². The molecule has 1 saturated heterocycles. The van der Waals surface area contributed by atoms with Crippen LogP contribution in [-0.2, 0) is 9.57 Å². The van der Waals surface area contributed by atoms with Crippen molar-refractivity contribution in [2.24, 2.45) is 17.2 Å². The Balaban J connectivity index is 2.41. The lowest BCUT2D eigenvalue weighted by atomic mass is 9.79. The van der Waals surface area contributed by atoms with Crippen molar-refractivity contribution < 1.29 is 9.57 Å². The molecule has 11 heavy (non-hydrogen) atoms. The topological polar surface area (TPSA) is 44.5 Å². The molecule has 0 bridgehead atoms. The van der Waals surface area contributed by atoms with E-state index in [1.54, 1.807) is 0 Å². The van der Waals surface area contributed by atoms with Gasteiger partial charge in [0.2, 0.25) is 0 Å². The van der Waals surface area contributed by atoms with Gasteiger partial charge in [0.05, 0.1) is 13.2 Å². The summed E-state index contributed by atoms with van der Waals surface area (Å²) in [6.45, 7) is 6.69. The summed E-state index contributed by atoms with van der Waals surface area (Å²) in [7, 11) is 0. The van der Waals surface area contributed by atoms with Gasteiger partial charge < -0.3 is 9.57 Å². The summed E-state index contributed by atoms with van der Waals surface area (Å²) in [5.41, 5.74) is 0.158. The summed E-state index contributed by atoms with van der Waals surface area (Å²) >= 11 is 0. The molecule has 1 unspecified atom stereocenters. The second-order valence-electron chi connectivity index (χ2n) is 3.86. The maximum atomic E-state index is 5.29. The monoisotopic (exact) mass is 159 g/mol. The molecular formula is C8H17NO2. The Bertz CT molecular complexity index is 119. The van der Waals surface area contributed by atoms with Gasteiger partial charge in [-0.1, -0.05) is 13.8 Å². The summed E-state index contributed by atoms with van der Waals surface area (Å²) in [4.78, 5) is 4.66. The minimum atomic E-state index is 0.158. The smallest absolute Gasteiger partial charge is 0.0733 e. The van der Waals surface area contributed by atoms with E-state index in [0.717, 1.165) is 19.6 Å². The zero-order valence-electron chi connectivity index (χ0n) is 7.30. The third-order valence-corrected chi connectivity index (χ3v) is 2.49. The normalized spacial score (nSPS) is 25.9. The van der Waals surface area contributed by atoms with E-state index < -0.39 is 0 Å². The fourth-order valence-corrected chi connectivity index (χ4v) is 1.48. The molecule has 3 heteroatoms. The van der Waals surface area contributed by atoms with Crippen LogP contribution in [0.25, 0.3) is 0 Å².